The van der Waals surface area contributed by atoms with E-state index in [9.17, 15) is 9.59 Å². The van der Waals surface area contributed by atoms with Crippen molar-refractivity contribution in [1.82, 2.24) is 5.32 Å². The molecule has 0 saturated carbocycles. The van der Waals surface area contributed by atoms with Crippen LogP contribution < -0.4 is 10.3 Å². The van der Waals surface area contributed by atoms with Crippen LogP contribution in [0.15, 0.2) is 101 Å². The van der Waals surface area contributed by atoms with Crippen molar-refractivity contribution >= 4 is 34.7 Å². The third-order valence-corrected chi connectivity index (χ3v) is 6.44. The molecule has 0 aliphatic carbocycles. The second-order valence-electron chi connectivity index (χ2n) is 10.0. The van der Waals surface area contributed by atoms with Gasteiger partial charge in [0.1, 0.15) is 0 Å². The van der Waals surface area contributed by atoms with E-state index in [0.717, 1.165) is 22.3 Å². The lowest BCUT2D eigenvalue weighted by molar-refractivity contribution is -0.117. The second kappa shape index (κ2) is 11.9. The van der Waals surface area contributed by atoms with Gasteiger partial charge < -0.3 is 10.1 Å². The van der Waals surface area contributed by atoms with Crippen molar-refractivity contribution in [1.29, 1.82) is 0 Å². The molecule has 2 amide bonds. The molecule has 0 bridgehead atoms. The van der Waals surface area contributed by atoms with Crippen LogP contribution in [0.25, 0.3) is 5.57 Å². The van der Waals surface area contributed by atoms with Gasteiger partial charge in [-0.15, -0.1) is 0 Å². The number of hydrogen-bond donors (Lipinski definition) is 1. The molecule has 1 heterocycles. The van der Waals surface area contributed by atoms with Crippen LogP contribution in [0.1, 0.15) is 44.4 Å². The van der Waals surface area contributed by atoms with Gasteiger partial charge in [-0.2, -0.15) is 20.3 Å². The Hall–Kier alpha value is -4.59. The van der Waals surface area contributed by atoms with Crippen molar-refractivity contribution in [2.24, 2.45) is 15.3 Å². The number of alkyl carbamates (subject to hydrolysis) is 1. The molecule has 1 aliphatic heterocycles. The molecule has 0 saturated heterocycles. The number of allylic oxidation sites excluding steroid dienone is 1. The van der Waals surface area contributed by atoms with Crippen LogP contribution >= 0.6 is 0 Å². The predicted octanol–water partition coefficient (Wildman–Crippen LogP) is 6.80. The lowest BCUT2D eigenvalue weighted by Crippen LogP contribution is -2.41. The number of nitrogens with zero attached hydrogens (tertiary/aromatic N) is 4. The smallest absolute Gasteiger partial charge is 0.407 e. The average molecular weight is 524 g/mol. The third kappa shape index (κ3) is 6.84. The molecule has 0 aromatic heterocycles. The van der Waals surface area contributed by atoms with E-state index in [4.69, 9.17) is 4.74 Å². The van der Waals surface area contributed by atoms with Crippen molar-refractivity contribution in [3.05, 3.63) is 102 Å². The van der Waals surface area contributed by atoms with E-state index in [2.05, 4.69) is 27.2 Å². The third-order valence-electron chi connectivity index (χ3n) is 6.44. The number of hydrogen-bond acceptors (Lipinski definition) is 6. The molecule has 8 nitrogen and oxygen atoms in total. The van der Waals surface area contributed by atoms with Gasteiger partial charge in [0, 0.05) is 6.42 Å². The molecule has 3 aromatic carbocycles. The zero-order valence-electron chi connectivity index (χ0n) is 22.7. The van der Waals surface area contributed by atoms with Crippen LogP contribution in [-0.2, 0) is 21.5 Å². The molecule has 0 spiro atoms. The number of rotatable bonds is 9. The minimum absolute atomic E-state index is 0.232. The van der Waals surface area contributed by atoms with Gasteiger partial charge in [-0.3, -0.25) is 4.79 Å². The predicted molar refractivity (Wildman–Crippen MR) is 154 cm³/mol. The summed E-state index contributed by atoms with van der Waals surface area (Å²) in [7, 11) is 0. The number of para-hydroxylation sites is 1. The largest absolute Gasteiger partial charge is 0.449 e. The molecular weight excluding hydrogens is 490 g/mol. The van der Waals surface area contributed by atoms with Gasteiger partial charge in [0.05, 0.1) is 29.2 Å². The highest BCUT2D eigenvalue weighted by molar-refractivity contribution is 6.18. The summed E-state index contributed by atoms with van der Waals surface area (Å²) >= 11 is 0. The summed E-state index contributed by atoms with van der Waals surface area (Å²) in [6.45, 7) is 11.8. The molecule has 8 heteroatoms. The fourth-order valence-electron chi connectivity index (χ4n) is 4.10. The molecule has 1 N–H and O–H groups in total. The highest BCUT2D eigenvalue weighted by Crippen LogP contribution is 2.25. The summed E-state index contributed by atoms with van der Waals surface area (Å²) < 4.78 is 5.43. The van der Waals surface area contributed by atoms with Crippen molar-refractivity contribution < 1.29 is 14.3 Å². The summed E-state index contributed by atoms with van der Waals surface area (Å²) in [4.78, 5) is 25.2. The van der Waals surface area contributed by atoms with Crippen molar-refractivity contribution in [2.45, 2.75) is 45.7 Å². The Balaban J connectivity index is 1.27. The SMILES string of the molecule is C=C(C)c1cccc(C(C)(C)NC(=O)OCCc2ccc(N=N[C@H]3C(=O)N(c4ccccc4)N=C3C)cc2)c1. The highest BCUT2D eigenvalue weighted by Gasteiger charge is 2.34. The van der Waals surface area contributed by atoms with Gasteiger partial charge >= 0.3 is 6.09 Å². The summed E-state index contributed by atoms with van der Waals surface area (Å²) in [6, 6.07) is 23.9. The molecule has 3 aromatic rings. The maximum atomic E-state index is 12.8. The number of ether oxygens (including phenoxy) is 1. The number of hydrazone groups is 1. The Labute approximate surface area is 229 Å². The molecule has 39 heavy (non-hydrogen) atoms. The maximum absolute atomic E-state index is 12.8. The van der Waals surface area contributed by atoms with E-state index >= 15 is 0 Å². The quantitative estimate of drug-likeness (QED) is 0.313. The second-order valence-corrected chi connectivity index (χ2v) is 10.0. The van der Waals surface area contributed by atoms with Gasteiger partial charge in [-0.25, -0.2) is 4.79 Å². The number of carbonyl (C=O) groups is 2. The summed E-state index contributed by atoms with van der Waals surface area (Å²) in [5, 5.41) is 17.1. The maximum Gasteiger partial charge on any atom is 0.407 e. The first-order valence-electron chi connectivity index (χ1n) is 12.8. The van der Waals surface area contributed by atoms with Crippen LogP contribution in [0.2, 0.25) is 0 Å². The number of carbonyl (C=O) groups excluding carboxylic acids is 2. The Morgan fingerprint density at radius 3 is 2.49 bits per heavy atom. The van der Waals surface area contributed by atoms with Crippen LogP contribution in [0.3, 0.4) is 0 Å². The molecule has 0 fully saturated rings. The lowest BCUT2D eigenvalue weighted by Gasteiger charge is -2.27. The highest BCUT2D eigenvalue weighted by atomic mass is 16.5. The molecule has 200 valence electrons. The standard InChI is InChI=1S/C31H33N5O3/c1-21(2)24-10-9-11-25(20-24)31(4,5)32-30(38)39-19-18-23-14-16-26(17-15-23)33-34-28-22(3)35-36(29(28)37)27-12-7-6-8-13-27/h6-17,20,28H,1,18-19H2,2-5H3,(H,32,38)/t28-/m1/s1. The van der Waals surface area contributed by atoms with E-state index in [-0.39, 0.29) is 12.5 Å². The number of amides is 2. The Bertz CT molecular complexity index is 1410. The molecule has 4 rings (SSSR count). The van der Waals surface area contributed by atoms with Crippen LogP contribution in [0.5, 0.6) is 0 Å². The zero-order chi connectivity index (χ0) is 28.0. The Kier molecular flexibility index (Phi) is 8.34. The van der Waals surface area contributed by atoms with Crippen LogP contribution in [0.4, 0.5) is 16.2 Å². The van der Waals surface area contributed by atoms with Crippen molar-refractivity contribution in [2.75, 3.05) is 11.6 Å². The number of anilines is 1. The van der Waals surface area contributed by atoms with E-state index in [1.165, 1.54) is 5.01 Å². The number of nitrogens with one attached hydrogen (secondary N) is 1. The van der Waals surface area contributed by atoms with Crippen molar-refractivity contribution in [3.8, 4) is 0 Å². The lowest BCUT2D eigenvalue weighted by atomic mass is 9.92. The van der Waals surface area contributed by atoms with Gasteiger partial charge in [0.2, 0.25) is 0 Å². The number of benzene rings is 3. The molecule has 0 unspecified atom stereocenters. The van der Waals surface area contributed by atoms with Crippen LogP contribution in [0, 0.1) is 0 Å². The van der Waals surface area contributed by atoms with Crippen molar-refractivity contribution in [3.63, 3.8) is 0 Å². The fourth-order valence-corrected chi connectivity index (χ4v) is 4.10. The van der Waals surface area contributed by atoms with E-state index in [1.807, 2.05) is 99.6 Å². The van der Waals surface area contributed by atoms with E-state index in [1.54, 1.807) is 6.92 Å². The first-order chi connectivity index (χ1) is 18.6. The van der Waals surface area contributed by atoms with Crippen LogP contribution in [-0.4, -0.2) is 30.4 Å². The zero-order valence-corrected chi connectivity index (χ0v) is 22.7. The van der Waals surface area contributed by atoms with E-state index in [0.29, 0.717) is 23.5 Å². The average Bonchev–Trinajstić information content (AvgIpc) is 3.21. The molecule has 1 atom stereocenters. The van der Waals surface area contributed by atoms with E-state index < -0.39 is 17.7 Å². The van der Waals surface area contributed by atoms with Gasteiger partial charge in [-0.05, 0) is 74.7 Å². The first-order valence-corrected chi connectivity index (χ1v) is 12.8. The molecule has 0 radical (unpaired) electrons. The Morgan fingerprint density at radius 2 is 1.79 bits per heavy atom. The first kappa shape index (κ1) is 27.4. The summed E-state index contributed by atoms with van der Waals surface area (Å²) in [6.07, 6.45) is 0.0731. The molecular formula is C31H33N5O3. The van der Waals surface area contributed by atoms with Gasteiger partial charge in [0.25, 0.3) is 5.91 Å². The summed E-state index contributed by atoms with van der Waals surface area (Å²) in [5.74, 6) is -0.235. The molecule has 1 aliphatic rings. The minimum Gasteiger partial charge on any atom is -0.449 e. The van der Waals surface area contributed by atoms with Gasteiger partial charge in [0.15, 0.2) is 6.04 Å². The summed E-state index contributed by atoms with van der Waals surface area (Å²) in [5.41, 5.74) is 5.26. The Morgan fingerprint density at radius 1 is 1.08 bits per heavy atom. The van der Waals surface area contributed by atoms with Gasteiger partial charge in [-0.1, -0.05) is 60.7 Å². The normalized spacial score (nSPS) is 15.4. The minimum atomic E-state index is -0.746. The fraction of sp³-hybridized carbons (Fsp3) is 0.258. The topological polar surface area (TPSA) is 95.7 Å². The number of azo groups is 1. The monoisotopic (exact) mass is 523 g/mol.